The molecule has 0 saturated carbocycles. The fourth-order valence-electron chi connectivity index (χ4n) is 6.39. The average Bonchev–Trinajstić information content (AvgIpc) is 3.43. The van der Waals surface area contributed by atoms with Gasteiger partial charge in [0.25, 0.3) is 0 Å². The van der Waals surface area contributed by atoms with Crippen LogP contribution in [0.3, 0.4) is 0 Å². The van der Waals surface area contributed by atoms with Gasteiger partial charge >= 0.3 is 24.4 Å². The summed E-state index contributed by atoms with van der Waals surface area (Å²) in [5.41, 5.74) is -0.00336. The highest BCUT2D eigenvalue weighted by atomic mass is 19.4. The minimum absolute atomic E-state index is 0.0617. The molecule has 43 heavy (non-hydrogen) atoms. The standard InChI is InChI=1S/C29H40F6N4O4/c1-19(28(30,31)32)43-26(42)38-15-10-27(2,11-16-38)36(3)18-20-6-7-21(29(33,34)35)17-24(20)37-13-8-22(9-14-37)39-12-4-5-23(39)25(40)41/h6-7,17,19,22-23H,4-5,8-16,18H2,1-3H3,(H,40,41). The number of halogens is 6. The van der Waals surface area contributed by atoms with Gasteiger partial charge in [-0.2, -0.15) is 26.3 Å². The Morgan fingerprint density at radius 3 is 2.23 bits per heavy atom. The Labute approximate surface area is 247 Å². The zero-order valence-corrected chi connectivity index (χ0v) is 24.7. The zero-order chi connectivity index (χ0) is 31.7. The largest absolute Gasteiger partial charge is 0.480 e. The number of aliphatic carboxylic acids is 1. The van der Waals surface area contributed by atoms with Crippen LogP contribution in [0, 0.1) is 0 Å². The van der Waals surface area contributed by atoms with Gasteiger partial charge in [0.05, 0.1) is 5.56 Å². The van der Waals surface area contributed by atoms with Gasteiger partial charge in [-0.3, -0.25) is 14.6 Å². The van der Waals surface area contributed by atoms with Crippen LogP contribution in [0.2, 0.25) is 0 Å². The number of likely N-dealkylation sites (tertiary alicyclic amines) is 2. The summed E-state index contributed by atoms with van der Waals surface area (Å²) in [5.74, 6) is -0.838. The molecule has 1 aromatic carbocycles. The number of carboxylic acid groups (broad SMARTS) is 1. The van der Waals surface area contributed by atoms with Crippen molar-refractivity contribution in [1.29, 1.82) is 0 Å². The predicted molar refractivity (Wildman–Crippen MR) is 147 cm³/mol. The second-order valence-electron chi connectivity index (χ2n) is 12.2. The molecule has 4 rings (SSSR count). The number of piperidine rings is 2. The third-order valence-corrected chi connectivity index (χ3v) is 9.43. The monoisotopic (exact) mass is 622 g/mol. The third kappa shape index (κ3) is 7.68. The molecule has 0 aromatic heterocycles. The first kappa shape index (κ1) is 33.2. The Kier molecular flexibility index (Phi) is 9.80. The lowest BCUT2D eigenvalue weighted by atomic mass is 9.87. The molecule has 3 aliphatic rings. The van der Waals surface area contributed by atoms with Crippen LogP contribution in [0.5, 0.6) is 0 Å². The van der Waals surface area contributed by atoms with Crippen molar-refractivity contribution in [2.24, 2.45) is 0 Å². The molecule has 3 saturated heterocycles. The summed E-state index contributed by atoms with van der Waals surface area (Å²) in [4.78, 5) is 31.2. The number of rotatable bonds is 7. The topological polar surface area (TPSA) is 76.6 Å². The third-order valence-electron chi connectivity index (χ3n) is 9.43. The number of nitrogens with zero attached hydrogens (tertiary/aromatic N) is 4. The number of anilines is 1. The van der Waals surface area contributed by atoms with Crippen LogP contribution in [0.4, 0.5) is 36.8 Å². The fraction of sp³-hybridized carbons (Fsp3) is 0.724. The van der Waals surface area contributed by atoms with E-state index in [9.17, 15) is 41.0 Å². The minimum atomic E-state index is -4.65. The molecule has 3 heterocycles. The lowest BCUT2D eigenvalue weighted by Gasteiger charge is -2.45. The van der Waals surface area contributed by atoms with Crippen LogP contribution in [-0.2, 0) is 22.3 Å². The fourth-order valence-corrected chi connectivity index (χ4v) is 6.39. The van der Waals surface area contributed by atoms with Crippen LogP contribution < -0.4 is 4.90 Å². The number of alkyl halides is 6. The van der Waals surface area contributed by atoms with Crippen molar-refractivity contribution in [2.45, 2.75) is 95.0 Å². The van der Waals surface area contributed by atoms with Crippen molar-refractivity contribution < 1.29 is 45.8 Å². The van der Waals surface area contributed by atoms with Crippen molar-refractivity contribution >= 4 is 17.7 Å². The molecule has 2 unspecified atom stereocenters. The van der Waals surface area contributed by atoms with E-state index in [1.54, 1.807) is 0 Å². The molecular weight excluding hydrogens is 582 g/mol. The average molecular weight is 623 g/mol. The minimum Gasteiger partial charge on any atom is -0.480 e. The van der Waals surface area contributed by atoms with Crippen LogP contribution in [0.15, 0.2) is 18.2 Å². The maximum absolute atomic E-state index is 13.7. The summed E-state index contributed by atoms with van der Waals surface area (Å²) in [6.07, 6.45) is -8.81. The highest BCUT2D eigenvalue weighted by Crippen LogP contribution is 2.37. The van der Waals surface area contributed by atoms with Gasteiger partial charge in [0, 0.05) is 50.0 Å². The summed E-state index contributed by atoms with van der Waals surface area (Å²) < 4.78 is 84.2. The van der Waals surface area contributed by atoms with Crippen molar-refractivity contribution in [3.63, 3.8) is 0 Å². The molecule has 1 N–H and O–H groups in total. The second-order valence-corrected chi connectivity index (χ2v) is 12.2. The maximum atomic E-state index is 13.7. The summed E-state index contributed by atoms with van der Waals surface area (Å²) >= 11 is 0. The van der Waals surface area contributed by atoms with Gasteiger partial charge in [-0.1, -0.05) is 6.07 Å². The lowest BCUT2D eigenvalue weighted by molar-refractivity contribution is -0.200. The van der Waals surface area contributed by atoms with E-state index in [-0.39, 0.29) is 19.1 Å². The van der Waals surface area contributed by atoms with Gasteiger partial charge in [-0.05, 0) is 83.7 Å². The van der Waals surface area contributed by atoms with Gasteiger partial charge in [0.15, 0.2) is 6.10 Å². The van der Waals surface area contributed by atoms with Crippen molar-refractivity contribution in [3.05, 3.63) is 29.3 Å². The lowest BCUT2D eigenvalue weighted by Crippen LogP contribution is -2.53. The molecule has 242 valence electrons. The number of benzene rings is 1. The van der Waals surface area contributed by atoms with Gasteiger partial charge in [-0.25, -0.2) is 4.79 Å². The smallest absolute Gasteiger partial charge is 0.425 e. The number of amides is 1. The molecule has 8 nitrogen and oxygen atoms in total. The van der Waals surface area contributed by atoms with Gasteiger partial charge in [-0.15, -0.1) is 0 Å². The number of carbonyl (C=O) groups is 2. The number of hydrogen-bond donors (Lipinski definition) is 1. The molecule has 1 aromatic rings. The highest BCUT2D eigenvalue weighted by Gasteiger charge is 2.42. The molecule has 0 bridgehead atoms. The van der Waals surface area contributed by atoms with E-state index in [1.807, 2.05) is 28.7 Å². The maximum Gasteiger partial charge on any atom is 0.425 e. The Hall–Kier alpha value is -2.74. The molecule has 3 fully saturated rings. The van der Waals surface area contributed by atoms with E-state index in [0.717, 1.165) is 19.4 Å². The summed E-state index contributed by atoms with van der Waals surface area (Å²) in [6.45, 7) is 5.15. The first-order valence-corrected chi connectivity index (χ1v) is 14.7. The molecule has 0 aliphatic carbocycles. The van der Waals surface area contributed by atoms with E-state index in [1.165, 1.54) is 17.0 Å². The highest BCUT2D eigenvalue weighted by molar-refractivity contribution is 5.74. The Morgan fingerprint density at radius 1 is 1.05 bits per heavy atom. The van der Waals surface area contributed by atoms with E-state index in [2.05, 4.69) is 4.74 Å². The van der Waals surface area contributed by atoms with Crippen LogP contribution in [0.25, 0.3) is 0 Å². The molecule has 14 heteroatoms. The summed E-state index contributed by atoms with van der Waals surface area (Å²) in [5, 5.41) is 9.58. The van der Waals surface area contributed by atoms with Crippen molar-refractivity contribution in [1.82, 2.24) is 14.7 Å². The van der Waals surface area contributed by atoms with E-state index in [4.69, 9.17) is 0 Å². The number of carbonyl (C=O) groups excluding carboxylic acids is 1. The van der Waals surface area contributed by atoms with Gasteiger partial charge in [0.2, 0.25) is 0 Å². The van der Waals surface area contributed by atoms with Crippen LogP contribution in [0.1, 0.15) is 63.5 Å². The van der Waals surface area contributed by atoms with Gasteiger partial charge in [0.1, 0.15) is 6.04 Å². The normalized spacial score (nSPS) is 23.1. The second kappa shape index (κ2) is 12.7. The first-order valence-electron chi connectivity index (χ1n) is 14.7. The predicted octanol–water partition coefficient (Wildman–Crippen LogP) is 5.60. The van der Waals surface area contributed by atoms with Crippen molar-refractivity contribution in [2.75, 3.05) is 44.7 Å². The number of carboxylic acids is 1. The first-order chi connectivity index (χ1) is 20.0. The molecular formula is C29H40F6N4O4. The Morgan fingerprint density at radius 2 is 1.67 bits per heavy atom. The van der Waals surface area contributed by atoms with E-state index >= 15 is 0 Å². The summed E-state index contributed by atoms with van der Waals surface area (Å²) in [6, 6.07) is 3.30. The molecule has 0 spiro atoms. The molecule has 3 aliphatic heterocycles. The number of ether oxygens (including phenoxy) is 1. The molecule has 0 radical (unpaired) electrons. The van der Waals surface area contributed by atoms with Gasteiger partial charge < -0.3 is 19.6 Å². The zero-order valence-electron chi connectivity index (χ0n) is 24.7. The van der Waals surface area contributed by atoms with E-state index < -0.39 is 47.7 Å². The number of hydrogen-bond acceptors (Lipinski definition) is 6. The Balaban J connectivity index is 1.44. The van der Waals surface area contributed by atoms with E-state index in [0.29, 0.717) is 69.5 Å². The Bertz CT molecular complexity index is 1150. The summed E-state index contributed by atoms with van der Waals surface area (Å²) in [7, 11) is 1.85. The molecule has 1 amide bonds. The van der Waals surface area contributed by atoms with Crippen LogP contribution in [-0.4, -0.2) is 102 Å². The SMILES string of the molecule is CC(OC(=O)N1CCC(C)(N(C)Cc2ccc(C(F)(F)F)cc2N2CCC(N3CCCC3C(=O)O)CC2)CC1)C(F)(F)F. The van der Waals surface area contributed by atoms with Crippen LogP contribution >= 0.6 is 0 Å². The van der Waals surface area contributed by atoms with Crippen molar-refractivity contribution in [3.8, 4) is 0 Å². The molecule has 2 atom stereocenters. The quantitative estimate of drug-likeness (QED) is 0.397.